The molecule has 1 saturated carbocycles. The number of nitrogens with one attached hydrogen (secondary N) is 1. The number of carbonyl (C=O) groups is 1. The van der Waals surface area contributed by atoms with E-state index in [1.165, 1.54) is 0 Å². The van der Waals surface area contributed by atoms with Gasteiger partial charge in [0.05, 0.1) is 25.8 Å². The van der Waals surface area contributed by atoms with Crippen LogP contribution >= 0.6 is 0 Å². The summed E-state index contributed by atoms with van der Waals surface area (Å²) in [4.78, 5) is 19.3. The SMILES string of the molecule is COCC1(NC(=O)N(Cc2cccnc2)Cc2ccccc2OC)CCCC1. The summed E-state index contributed by atoms with van der Waals surface area (Å²) in [5.74, 6) is 0.777. The predicted octanol–water partition coefficient (Wildman–Crippen LogP) is 3.76. The minimum absolute atomic E-state index is 0.0892. The normalized spacial score (nSPS) is 15.2. The fourth-order valence-electron chi connectivity index (χ4n) is 3.89. The number of pyridine rings is 1. The van der Waals surface area contributed by atoms with Gasteiger partial charge in [-0.25, -0.2) is 4.79 Å². The minimum Gasteiger partial charge on any atom is -0.496 e. The van der Waals surface area contributed by atoms with Gasteiger partial charge < -0.3 is 19.7 Å². The van der Waals surface area contributed by atoms with E-state index in [1.807, 2.05) is 41.3 Å². The number of aromatic nitrogens is 1. The van der Waals surface area contributed by atoms with Gasteiger partial charge in [-0.3, -0.25) is 4.98 Å². The zero-order valence-electron chi connectivity index (χ0n) is 16.7. The van der Waals surface area contributed by atoms with Gasteiger partial charge in [0.1, 0.15) is 5.75 Å². The summed E-state index contributed by atoms with van der Waals surface area (Å²) < 4.78 is 10.9. The summed E-state index contributed by atoms with van der Waals surface area (Å²) in [6, 6.07) is 11.6. The van der Waals surface area contributed by atoms with Crippen LogP contribution in [0.5, 0.6) is 5.75 Å². The van der Waals surface area contributed by atoms with Crippen LogP contribution in [0, 0.1) is 0 Å². The van der Waals surface area contributed by atoms with Crippen molar-refractivity contribution in [3.05, 3.63) is 59.9 Å². The fourth-order valence-corrected chi connectivity index (χ4v) is 3.89. The molecule has 150 valence electrons. The Labute approximate surface area is 166 Å². The zero-order valence-corrected chi connectivity index (χ0v) is 16.7. The monoisotopic (exact) mass is 383 g/mol. The van der Waals surface area contributed by atoms with E-state index >= 15 is 0 Å². The van der Waals surface area contributed by atoms with Crippen molar-refractivity contribution < 1.29 is 14.3 Å². The molecule has 1 N–H and O–H groups in total. The van der Waals surface area contributed by atoms with Crippen LogP contribution < -0.4 is 10.1 Å². The van der Waals surface area contributed by atoms with Gasteiger partial charge in [-0.2, -0.15) is 0 Å². The molecule has 2 aromatic rings. The zero-order chi connectivity index (χ0) is 19.8. The average Bonchev–Trinajstić information content (AvgIpc) is 3.17. The van der Waals surface area contributed by atoms with Gasteiger partial charge in [-0.15, -0.1) is 0 Å². The standard InChI is InChI=1S/C22H29N3O3/c1-27-17-22(11-5-6-12-22)24-21(26)25(15-18-8-7-13-23-14-18)16-19-9-3-4-10-20(19)28-2/h3-4,7-10,13-14H,5-6,11-12,15-17H2,1-2H3,(H,24,26). The van der Waals surface area contributed by atoms with Crippen LogP contribution in [0.2, 0.25) is 0 Å². The molecule has 1 aromatic heterocycles. The fraction of sp³-hybridized carbons (Fsp3) is 0.455. The third kappa shape index (κ3) is 5.01. The van der Waals surface area contributed by atoms with Crippen molar-refractivity contribution in [2.24, 2.45) is 0 Å². The maximum absolute atomic E-state index is 13.3. The van der Waals surface area contributed by atoms with Crippen molar-refractivity contribution in [3.63, 3.8) is 0 Å². The first-order valence-corrected chi connectivity index (χ1v) is 9.73. The molecule has 0 atom stereocenters. The van der Waals surface area contributed by atoms with E-state index in [-0.39, 0.29) is 11.6 Å². The Morgan fingerprint density at radius 1 is 1.14 bits per heavy atom. The van der Waals surface area contributed by atoms with Crippen molar-refractivity contribution in [3.8, 4) is 5.75 Å². The number of methoxy groups -OCH3 is 2. The highest BCUT2D eigenvalue weighted by molar-refractivity contribution is 5.75. The number of benzene rings is 1. The van der Waals surface area contributed by atoms with Crippen LogP contribution in [0.15, 0.2) is 48.8 Å². The molecule has 1 aliphatic carbocycles. The molecule has 0 radical (unpaired) electrons. The summed E-state index contributed by atoms with van der Waals surface area (Å²) in [6.07, 6.45) is 7.64. The molecule has 28 heavy (non-hydrogen) atoms. The molecule has 6 heteroatoms. The molecule has 2 amide bonds. The van der Waals surface area contributed by atoms with E-state index in [2.05, 4.69) is 10.3 Å². The number of hydrogen-bond donors (Lipinski definition) is 1. The molecular formula is C22H29N3O3. The van der Waals surface area contributed by atoms with E-state index in [1.54, 1.807) is 26.6 Å². The number of hydrogen-bond acceptors (Lipinski definition) is 4. The van der Waals surface area contributed by atoms with Crippen molar-refractivity contribution in [1.82, 2.24) is 15.2 Å². The Morgan fingerprint density at radius 2 is 1.93 bits per heavy atom. The second-order valence-electron chi connectivity index (χ2n) is 7.38. The number of nitrogens with zero attached hydrogens (tertiary/aromatic N) is 2. The first-order valence-electron chi connectivity index (χ1n) is 9.73. The van der Waals surface area contributed by atoms with Crippen molar-refractivity contribution in [2.45, 2.75) is 44.3 Å². The maximum Gasteiger partial charge on any atom is 0.318 e. The first kappa shape index (κ1) is 20.1. The molecule has 6 nitrogen and oxygen atoms in total. The number of ether oxygens (including phenoxy) is 2. The number of carbonyl (C=O) groups excluding carboxylic acids is 1. The van der Waals surface area contributed by atoms with Gasteiger partial charge >= 0.3 is 6.03 Å². The van der Waals surface area contributed by atoms with Crippen LogP contribution in [0.4, 0.5) is 4.79 Å². The van der Waals surface area contributed by atoms with Gasteiger partial charge in [0, 0.05) is 31.6 Å². The van der Waals surface area contributed by atoms with E-state index in [9.17, 15) is 4.79 Å². The third-order valence-corrected chi connectivity index (χ3v) is 5.29. The molecule has 1 fully saturated rings. The smallest absolute Gasteiger partial charge is 0.318 e. The summed E-state index contributed by atoms with van der Waals surface area (Å²) in [5.41, 5.74) is 1.68. The molecule has 1 aliphatic rings. The van der Waals surface area contributed by atoms with Crippen molar-refractivity contribution in [1.29, 1.82) is 0 Å². The lowest BCUT2D eigenvalue weighted by Crippen LogP contribution is -2.54. The number of rotatable bonds is 8. The van der Waals surface area contributed by atoms with Crippen LogP contribution in [0.3, 0.4) is 0 Å². The molecule has 3 rings (SSSR count). The summed E-state index contributed by atoms with van der Waals surface area (Å²) in [6.45, 7) is 1.46. The Morgan fingerprint density at radius 3 is 2.61 bits per heavy atom. The van der Waals surface area contributed by atoms with E-state index in [4.69, 9.17) is 9.47 Å². The Bertz CT molecular complexity index is 761. The summed E-state index contributed by atoms with van der Waals surface area (Å²) in [7, 11) is 3.34. The number of amides is 2. The van der Waals surface area contributed by atoms with E-state index < -0.39 is 0 Å². The number of para-hydroxylation sites is 1. The minimum atomic E-state index is -0.278. The van der Waals surface area contributed by atoms with Gasteiger partial charge in [0.25, 0.3) is 0 Å². The van der Waals surface area contributed by atoms with Crippen molar-refractivity contribution >= 4 is 6.03 Å². The Hall–Kier alpha value is -2.60. The average molecular weight is 383 g/mol. The summed E-state index contributed by atoms with van der Waals surface area (Å²) >= 11 is 0. The second kappa shape index (κ2) is 9.55. The topological polar surface area (TPSA) is 63.7 Å². The van der Waals surface area contributed by atoms with E-state index in [0.717, 1.165) is 42.6 Å². The van der Waals surface area contributed by atoms with E-state index in [0.29, 0.717) is 19.7 Å². The lowest BCUT2D eigenvalue weighted by molar-refractivity contribution is 0.106. The van der Waals surface area contributed by atoms with Crippen molar-refractivity contribution in [2.75, 3.05) is 20.8 Å². The highest BCUT2D eigenvalue weighted by Gasteiger charge is 2.36. The largest absolute Gasteiger partial charge is 0.496 e. The molecule has 0 aliphatic heterocycles. The number of urea groups is 1. The Balaban J connectivity index is 1.81. The highest BCUT2D eigenvalue weighted by atomic mass is 16.5. The first-order chi connectivity index (χ1) is 13.7. The second-order valence-corrected chi connectivity index (χ2v) is 7.38. The predicted molar refractivity (Wildman–Crippen MR) is 108 cm³/mol. The lowest BCUT2D eigenvalue weighted by Gasteiger charge is -2.33. The Kier molecular flexibility index (Phi) is 6.87. The molecule has 0 saturated heterocycles. The maximum atomic E-state index is 13.3. The van der Waals surface area contributed by atoms with Gasteiger partial charge in [-0.05, 0) is 30.5 Å². The quantitative estimate of drug-likeness (QED) is 0.754. The molecule has 1 heterocycles. The van der Waals surface area contributed by atoms with Crippen LogP contribution in [-0.4, -0.2) is 42.3 Å². The van der Waals surface area contributed by atoms with Crippen LogP contribution in [-0.2, 0) is 17.8 Å². The lowest BCUT2D eigenvalue weighted by atomic mass is 9.99. The van der Waals surface area contributed by atoms with Gasteiger partial charge in [0.15, 0.2) is 0 Å². The third-order valence-electron chi connectivity index (χ3n) is 5.29. The van der Waals surface area contributed by atoms with Gasteiger partial charge in [0.2, 0.25) is 0 Å². The molecule has 0 bridgehead atoms. The van der Waals surface area contributed by atoms with Crippen LogP contribution in [0.25, 0.3) is 0 Å². The molecule has 0 spiro atoms. The molecular weight excluding hydrogens is 354 g/mol. The highest BCUT2D eigenvalue weighted by Crippen LogP contribution is 2.30. The van der Waals surface area contributed by atoms with Gasteiger partial charge in [-0.1, -0.05) is 37.1 Å². The summed E-state index contributed by atoms with van der Waals surface area (Å²) in [5, 5.41) is 3.27. The molecule has 1 aromatic carbocycles. The molecule has 0 unspecified atom stereocenters. The van der Waals surface area contributed by atoms with Crippen LogP contribution in [0.1, 0.15) is 36.8 Å².